The van der Waals surface area contributed by atoms with E-state index in [1.54, 1.807) is 17.0 Å². The molecule has 0 aromatic carbocycles. The molecule has 5 heteroatoms. The van der Waals surface area contributed by atoms with Crippen molar-refractivity contribution in [3.05, 3.63) is 41.3 Å². The number of hydrogen-bond acceptors (Lipinski definition) is 3. The Morgan fingerprint density at radius 2 is 2.16 bits per heavy atom. The predicted molar refractivity (Wildman–Crippen MR) is 81.5 cm³/mol. The first-order chi connectivity index (χ1) is 8.99. The van der Waals surface area contributed by atoms with Crippen LogP contribution in [-0.4, -0.2) is 20.7 Å². The molecule has 0 amide bonds. The number of aliphatic hydroxyl groups excluding tert-OH is 1. The largest absolute Gasteiger partial charge is 0.392 e. The van der Waals surface area contributed by atoms with Gasteiger partial charge < -0.3 is 5.11 Å². The highest BCUT2D eigenvalue weighted by atomic mass is 35.5. The van der Waals surface area contributed by atoms with Gasteiger partial charge in [0.1, 0.15) is 5.16 Å². The topological polar surface area (TPSA) is 50.4 Å². The number of aromatic nitrogens is 2. The van der Waals surface area contributed by atoms with E-state index in [1.165, 1.54) is 6.42 Å². The van der Waals surface area contributed by atoms with E-state index in [1.807, 2.05) is 19.9 Å². The number of aliphatic hydroxyl groups is 1. The summed E-state index contributed by atoms with van der Waals surface area (Å²) in [4.78, 5) is 4.05. The first kappa shape index (κ1) is 17.6. The molecular formula is C14H22ClN3O. The molecule has 0 fully saturated rings. The van der Waals surface area contributed by atoms with Crippen molar-refractivity contribution in [3.63, 3.8) is 0 Å². The number of halogens is 1. The van der Waals surface area contributed by atoms with Gasteiger partial charge in [-0.1, -0.05) is 44.5 Å². The normalized spacial score (nSPS) is 11.4. The van der Waals surface area contributed by atoms with Crippen LogP contribution in [-0.2, 0) is 6.61 Å². The van der Waals surface area contributed by atoms with Crippen molar-refractivity contribution in [1.29, 1.82) is 0 Å². The van der Waals surface area contributed by atoms with Gasteiger partial charge in [0.05, 0.1) is 12.3 Å². The van der Waals surface area contributed by atoms with Gasteiger partial charge in [0.2, 0.25) is 0 Å². The van der Waals surface area contributed by atoms with Crippen molar-refractivity contribution in [3.8, 4) is 0 Å². The second-order valence-corrected chi connectivity index (χ2v) is 4.33. The molecule has 0 radical (unpaired) electrons. The lowest BCUT2D eigenvalue weighted by molar-refractivity contribution is 0.281. The number of hydrogen-bond donors (Lipinski definition) is 1. The van der Waals surface area contributed by atoms with E-state index in [2.05, 4.69) is 30.5 Å². The van der Waals surface area contributed by atoms with E-state index in [9.17, 15) is 0 Å². The fourth-order valence-electron chi connectivity index (χ4n) is 1.21. The molecule has 19 heavy (non-hydrogen) atoms. The van der Waals surface area contributed by atoms with Crippen LogP contribution in [0.2, 0.25) is 0 Å². The molecule has 1 rings (SSSR count). The SMILES string of the molecule is C=C(Cl)/N=C(\C=C/C)n1cc(CO)c(C)n1.CCC. The summed E-state index contributed by atoms with van der Waals surface area (Å²) >= 11 is 5.63. The van der Waals surface area contributed by atoms with Crippen molar-refractivity contribution in [1.82, 2.24) is 9.78 Å². The van der Waals surface area contributed by atoms with Gasteiger partial charge in [-0.3, -0.25) is 0 Å². The highest BCUT2D eigenvalue weighted by Crippen LogP contribution is 2.07. The van der Waals surface area contributed by atoms with Gasteiger partial charge in [-0.15, -0.1) is 0 Å². The van der Waals surface area contributed by atoms with Crippen LogP contribution in [0.4, 0.5) is 0 Å². The lowest BCUT2D eigenvalue weighted by atomic mass is 10.3. The molecule has 4 nitrogen and oxygen atoms in total. The molecular weight excluding hydrogens is 262 g/mol. The molecule has 106 valence electrons. The van der Waals surface area contributed by atoms with E-state index in [0.29, 0.717) is 5.84 Å². The maximum absolute atomic E-state index is 9.07. The van der Waals surface area contributed by atoms with Crippen LogP contribution < -0.4 is 0 Å². The Morgan fingerprint density at radius 1 is 1.58 bits per heavy atom. The summed E-state index contributed by atoms with van der Waals surface area (Å²) in [7, 11) is 0. The Bertz CT molecular complexity index is 461. The van der Waals surface area contributed by atoms with Gasteiger partial charge >= 0.3 is 0 Å². The average Bonchev–Trinajstić information content (AvgIpc) is 2.70. The van der Waals surface area contributed by atoms with Gasteiger partial charge in [-0.25, -0.2) is 9.67 Å². The van der Waals surface area contributed by atoms with E-state index in [4.69, 9.17) is 16.7 Å². The lowest BCUT2D eigenvalue weighted by Gasteiger charge is -1.99. The molecule has 1 heterocycles. The minimum absolute atomic E-state index is 0.0449. The quantitative estimate of drug-likeness (QED) is 0.523. The van der Waals surface area contributed by atoms with Gasteiger partial charge in [-0.05, 0) is 19.9 Å². The maximum atomic E-state index is 9.07. The van der Waals surface area contributed by atoms with Crippen molar-refractivity contribution in [2.24, 2.45) is 4.99 Å². The number of aliphatic imine (C=N–C) groups is 1. The third kappa shape index (κ3) is 6.36. The summed E-state index contributed by atoms with van der Waals surface area (Å²) in [6.07, 6.45) is 6.56. The third-order valence-corrected chi connectivity index (χ3v) is 2.04. The molecule has 0 atom stereocenters. The zero-order valence-corrected chi connectivity index (χ0v) is 12.8. The predicted octanol–water partition coefficient (Wildman–Crippen LogP) is 3.63. The molecule has 1 N–H and O–H groups in total. The standard InChI is InChI=1S/C11H14ClN3O.C3H8/c1-4-5-11(13-9(3)12)15-6-10(7-16)8(2)14-15;1-3-2/h4-6,16H,3,7H2,1-2H3;3H2,1-2H3/b5-4-,13-11+;. The summed E-state index contributed by atoms with van der Waals surface area (Å²) in [5.41, 5.74) is 1.53. The van der Waals surface area contributed by atoms with Crippen molar-refractivity contribution in [2.45, 2.75) is 40.7 Å². The fourth-order valence-corrected chi connectivity index (χ4v) is 1.29. The third-order valence-electron chi connectivity index (χ3n) is 1.96. The summed E-state index contributed by atoms with van der Waals surface area (Å²) in [6, 6.07) is 0. The molecule has 0 aliphatic heterocycles. The van der Waals surface area contributed by atoms with Gasteiger partial charge in [0.25, 0.3) is 0 Å². The van der Waals surface area contributed by atoms with E-state index < -0.39 is 0 Å². The molecule has 0 saturated heterocycles. The Morgan fingerprint density at radius 3 is 2.53 bits per heavy atom. The smallest absolute Gasteiger partial charge is 0.154 e. The van der Waals surface area contributed by atoms with E-state index in [0.717, 1.165) is 11.3 Å². The van der Waals surface area contributed by atoms with Crippen LogP contribution in [0.5, 0.6) is 0 Å². The van der Waals surface area contributed by atoms with Crippen LogP contribution in [0.1, 0.15) is 38.4 Å². The molecule has 0 spiro atoms. The van der Waals surface area contributed by atoms with Gasteiger partial charge in [0.15, 0.2) is 5.84 Å². The Labute approximate surface area is 120 Å². The summed E-state index contributed by atoms with van der Waals surface area (Å²) in [5, 5.41) is 13.5. The number of rotatable bonds is 3. The van der Waals surface area contributed by atoms with Crippen LogP contribution in [0.25, 0.3) is 0 Å². The summed E-state index contributed by atoms with van der Waals surface area (Å²) < 4.78 is 1.56. The Balaban J connectivity index is 0.000000982. The molecule has 0 saturated carbocycles. The average molecular weight is 284 g/mol. The Hall–Kier alpha value is -1.39. The summed E-state index contributed by atoms with van der Waals surface area (Å²) in [5.74, 6) is 0.560. The van der Waals surface area contributed by atoms with Crippen LogP contribution in [0.3, 0.4) is 0 Å². The second kappa shape index (κ2) is 9.53. The zero-order chi connectivity index (χ0) is 14.8. The van der Waals surface area contributed by atoms with Crippen LogP contribution in [0, 0.1) is 6.92 Å². The highest BCUT2D eigenvalue weighted by molar-refractivity contribution is 6.29. The molecule has 0 unspecified atom stereocenters. The fraction of sp³-hybridized carbons (Fsp3) is 0.429. The molecule has 0 bridgehead atoms. The first-order valence-corrected chi connectivity index (χ1v) is 6.60. The molecule has 0 aliphatic rings. The first-order valence-electron chi connectivity index (χ1n) is 6.22. The number of allylic oxidation sites excluding steroid dienone is 2. The zero-order valence-electron chi connectivity index (χ0n) is 12.0. The van der Waals surface area contributed by atoms with Gasteiger partial charge in [0, 0.05) is 11.8 Å². The monoisotopic (exact) mass is 283 g/mol. The minimum atomic E-state index is -0.0449. The maximum Gasteiger partial charge on any atom is 0.154 e. The van der Waals surface area contributed by atoms with E-state index >= 15 is 0 Å². The second-order valence-electron chi connectivity index (χ2n) is 3.90. The highest BCUT2D eigenvalue weighted by Gasteiger charge is 2.06. The van der Waals surface area contributed by atoms with Crippen molar-refractivity contribution < 1.29 is 5.11 Å². The van der Waals surface area contributed by atoms with Crippen molar-refractivity contribution >= 4 is 17.4 Å². The number of nitrogens with zero attached hydrogens (tertiary/aromatic N) is 3. The van der Waals surface area contributed by atoms with Crippen molar-refractivity contribution in [2.75, 3.05) is 0 Å². The van der Waals surface area contributed by atoms with Crippen LogP contribution in [0.15, 0.2) is 35.1 Å². The molecule has 0 aliphatic carbocycles. The van der Waals surface area contributed by atoms with Crippen LogP contribution >= 0.6 is 11.6 Å². The van der Waals surface area contributed by atoms with E-state index in [-0.39, 0.29) is 11.8 Å². The molecule has 1 aromatic rings. The number of aryl methyl sites for hydroxylation is 1. The minimum Gasteiger partial charge on any atom is -0.392 e. The summed E-state index contributed by atoms with van der Waals surface area (Å²) in [6.45, 7) is 11.4. The Kier molecular flexibility index (Phi) is 8.83. The molecule has 1 aromatic heterocycles. The lowest BCUT2D eigenvalue weighted by Crippen LogP contribution is -2.09. The van der Waals surface area contributed by atoms with Gasteiger partial charge in [-0.2, -0.15) is 5.10 Å².